The molecule has 1 aromatic heterocycles. The number of alkyl halides is 1. The highest BCUT2D eigenvalue weighted by Crippen LogP contribution is 2.00. The van der Waals surface area contributed by atoms with Crippen LogP contribution in [0, 0.1) is 6.92 Å². The van der Waals surface area contributed by atoms with E-state index in [2.05, 4.69) is 0 Å². The Morgan fingerprint density at radius 2 is 2.27 bits per heavy atom. The zero-order chi connectivity index (χ0) is 8.43. The van der Waals surface area contributed by atoms with Crippen molar-refractivity contribution in [2.24, 2.45) is 7.05 Å². The molecule has 0 radical (unpaired) electrons. The molecule has 3 heteroatoms. The van der Waals surface area contributed by atoms with Gasteiger partial charge in [-0.1, -0.05) is 0 Å². The number of aromatic nitrogens is 1. The second kappa shape index (κ2) is 3.09. The molecule has 0 bridgehead atoms. The smallest absolute Gasteiger partial charge is 0.254 e. The monoisotopic (exact) mass is 171 g/mol. The maximum absolute atomic E-state index is 11.2. The van der Waals surface area contributed by atoms with Crippen molar-refractivity contribution in [1.82, 2.24) is 4.57 Å². The first kappa shape index (κ1) is 8.34. The third-order valence-corrected chi connectivity index (χ3v) is 1.83. The van der Waals surface area contributed by atoms with Crippen molar-refractivity contribution < 1.29 is 0 Å². The van der Waals surface area contributed by atoms with Crippen LogP contribution in [0.5, 0.6) is 0 Å². The molecule has 0 atom stereocenters. The van der Waals surface area contributed by atoms with Gasteiger partial charge in [-0.15, -0.1) is 11.6 Å². The van der Waals surface area contributed by atoms with Gasteiger partial charge in [-0.2, -0.15) is 0 Å². The zero-order valence-electron chi connectivity index (χ0n) is 6.60. The normalized spacial score (nSPS) is 10.1. The van der Waals surface area contributed by atoms with Gasteiger partial charge in [-0.05, 0) is 18.6 Å². The molecule has 60 valence electrons. The Morgan fingerprint density at radius 1 is 1.64 bits per heavy atom. The summed E-state index contributed by atoms with van der Waals surface area (Å²) in [4.78, 5) is 11.2. The van der Waals surface area contributed by atoms with Gasteiger partial charge in [-0.3, -0.25) is 4.79 Å². The lowest BCUT2D eigenvalue weighted by atomic mass is 10.2. The Labute approximate surface area is 70.4 Å². The van der Waals surface area contributed by atoms with Crippen LogP contribution in [0.1, 0.15) is 11.1 Å². The van der Waals surface area contributed by atoms with E-state index in [9.17, 15) is 4.79 Å². The number of rotatable bonds is 1. The third kappa shape index (κ3) is 1.63. The molecule has 0 saturated heterocycles. The first-order valence-corrected chi connectivity index (χ1v) is 3.90. The maximum Gasteiger partial charge on any atom is 0.254 e. The van der Waals surface area contributed by atoms with E-state index >= 15 is 0 Å². The fourth-order valence-corrected chi connectivity index (χ4v) is 1.25. The number of pyridine rings is 1. The Balaban J connectivity index is 3.37. The molecule has 0 aliphatic rings. The quantitative estimate of drug-likeness (QED) is 0.586. The molecule has 0 amide bonds. The summed E-state index contributed by atoms with van der Waals surface area (Å²) in [5, 5.41) is 0. The molecule has 2 nitrogen and oxygen atoms in total. The summed E-state index contributed by atoms with van der Waals surface area (Å²) in [6.45, 7) is 1.94. The van der Waals surface area contributed by atoms with Crippen LogP contribution in [0.15, 0.2) is 17.1 Å². The molecular formula is C8H10ClNO. The number of aryl methyl sites for hydroxylation is 2. The van der Waals surface area contributed by atoms with Crippen LogP contribution in [-0.4, -0.2) is 4.57 Å². The lowest BCUT2D eigenvalue weighted by Crippen LogP contribution is -2.19. The van der Waals surface area contributed by atoms with Crippen LogP contribution < -0.4 is 5.56 Å². The summed E-state index contributed by atoms with van der Waals surface area (Å²) in [6, 6.07) is 1.81. The van der Waals surface area contributed by atoms with Gasteiger partial charge < -0.3 is 4.57 Å². The SMILES string of the molecule is Cc1cc(CCl)c(=O)n(C)c1. The van der Waals surface area contributed by atoms with Gasteiger partial charge in [0.2, 0.25) is 0 Å². The highest BCUT2D eigenvalue weighted by Gasteiger charge is 1.99. The van der Waals surface area contributed by atoms with Crippen molar-refractivity contribution in [2.45, 2.75) is 12.8 Å². The summed E-state index contributed by atoms with van der Waals surface area (Å²) in [5.74, 6) is 0.286. The van der Waals surface area contributed by atoms with Crippen LogP contribution in [0.4, 0.5) is 0 Å². The molecule has 0 aromatic carbocycles. The van der Waals surface area contributed by atoms with Crippen molar-refractivity contribution in [3.8, 4) is 0 Å². The molecule has 0 aliphatic carbocycles. The summed E-state index contributed by atoms with van der Waals surface area (Å²) < 4.78 is 1.55. The van der Waals surface area contributed by atoms with Gasteiger partial charge in [0.15, 0.2) is 0 Å². The largest absolute Gasteiger partial charge is 0.318 e. The van der Waals surface area contributed by atoms with E-state index in [4.69, 9.17) is 11.6 Å². The standard InChI is InChI=1S/C8H10ClNO/c1-6-3-7(4-9)8(11)10(2)5-6/h3,5H,4H2,1-2H3. The first-order chi connectivity index (χ1) is 5.15. The molecule has 0 aliphatic heterocycles. The summed E-state index contributed by atoms with van der Waals surface area (Å²) >= 11 is 5.56. The van der Waals surface area contributed by atoms with Crippen molar-refractivity contribution >= 4 is 11.6 Å². The van der Waals surface area contributed by atoms with E-state index in [1.54, 1.807) is 17.8 Å². The Bertz CT molecular complexity index is 316. The Kier molecular flexibility index (Phi) is 2.35. The Hall–Kier alpha value is -0.760. The fraction of sp³-hybridized carbons (Fsp3) is 0.375. The van der Waals surface area contributed by atoms with Crippen molar-refractivity contribution in [2.75, 3.05) is 0 Å². The predicted octanol–water partition coefficient (Wildman–Crippen LogP) is 1.43. The minimum absolute atomic E-state index is 0.00870. The van der Waals surface area contributed by atoms with E-state index in [-0.39, 0.29) is 11.4 Å². The minimum atomic E-state index is -0.00870. The van der Waals surface area contributed by atoms with Crippen LogP contribution in [-0.2, 0) is 12.9 Å². The van der Waals surface area contributed by atoms with Gasteiger partial charge in [0.05, 0.1) is 5.88 Å². The van der Waals surface area contributed by atoms with E-state index in [1.165, 1.54) is 0 Å². The van der Waals surface area contributed by atoms with Crippen molar-refractivity contribution in [3.05, 3.63) is 33.7 Å². The molecule has 0 saturated carbocycles. The summed E-state index contributed by atoms with van der Waals surface area (Å²) in [7, 11) is 1.73. The second-order valence-electron chi connectivity index (χ2n) is 2.59. The topological polar surface area (TPSA) is 22.0 Å². The highest BCUT2D eigenvalue weighted by atomic mass is 35.5. The zero-order valence-corrected chi connectivity index (χ0v) is 7.35. The molecule has 0 unspecified atom stereocenters. The van der Waals surface area contributed by atoms with Crippen LogP contribution >= 0.6 is 11.6 Å². The molecule has 1 rings (SSSR count). The van der Waals surface area contributed by atoms with E-state index in [0.717, 1.165) is 5.56 Å². The minimum Gasteiger partial charge on any atom is -0.318 e. The van der Waals surface area contributed by atoms with E-state index in [1.807, 2.05) is 13.0 Å². The van der Waals surface area contributed by atoms with Gasteiger partial charge in [0.25, 0.3) is 5.56 Å². The molecular weight excluding hydrogens is 162 g/mol. The van der Waals surface area contributed by atoms with Gasteiger partial charge in [-0.25, -0.2) is 0 Å². The molecule has 11 heavy (non-hydrogen) atoms. The summed E-state index contributed by atoms with van der Waals surface area (Å²) in [6.07, 6.45) is 1.79. The van der Waals surface area contributed by atoms with Crippen LogP contribution in [0.3, 0.4) is 0 Å². The van der Waals surface area contributed by atoms with Crippen molar-refractivity contribution in [1.29, 1.82) is 0 Å². The summed E-state index contributed by atoms with van der Waals surface area (Å²) in [5.41, 5.74) is 1.71. The molecule has 1 heterocycles. The first-order valence-electron chi connectivity index (χ1n) is 3.37. The average molecular weight is 172 g/mol. The van der Waals surface area contributed by atoms with E-state index < -0.39 is 0 Å². The molecule has 0 spiro atoms. The van der Waals surface area contributed by atoms with Gasteiger partial charge >= 0.3 is 0 Å². The van der Waals surface area contributed by atoms with Gasteiger partial charge in [0.1, 0.15) is 0 Å². The number of hydrogen-bond donors (Lipinski definition) is 0. The fourth-order valence-electron chi connectivity index (χ4n) is 1.06. The maximum atomic E-state index is 11.2. The van der Waals surface area contributed by atoms with Crippen molar-refractivity contribution in [3.63, 3.8) is 0 Å². The lowest BCUT2D eigenvalue weighted by molar-refractivity contribution is 0.837. The average Bonchev–Trinajstić information content (AvgIpc) is 1.96. The molecule has 1 aromatic rings. The van der Waals surface area contributed by atoms with E-state index in [0.29, 0.717) is 5.56 Å². The van der Waals surface area contributed by atoms with Crippen LogP contribution in [0.2, 0.25) is 0 Å². The number of hydrogen-bond acceptors (Lipinski definition) is 1. The molecule has 0 N–H and O–H groups in total. The Morgan fingerprint density at radius 3 is 2.82 bits per heavy atom. The van der Waals surface area contributed by atoms with Gasteiger partial charge in [0, 0.05) is 18.8 Å². The number of halogens is 1. The highest BCUT2D eigenvalue weighted by molar-refractivity contribution is 6.17. The predicted molar refractivity (Wildman–Crippen MR) is 46.0 cm³/mol. The number of nitrogens with zero attached hydrogens (tertiary/aromatic N) is 1. The molecule has 0 fully saturated rings. The van der Waals surface area contributed by atoms with Crippen LogP contribution in [0.25, 0.3) is 0 Å². The third-order valence-electron chi connectivity index (χ3n) is 1.54. The lowest BCUT2D eigenvalue weighted by Gasteiger charge is -2.01. The second-order valence-corrected chi connectivity index (χ2v) is 2.86.